The van der Waals surface area contributed by atoms with Crippen LogP contribution < -0.4 is 10.2 Å². The zero-order valence-corrected chi connectivity index (χ0v) is 11.4. The zero-order valence-electron chi connectivity index (χ0n) is 11.4. The fraction of sp³-hybridized carbons (Fsp3) is 0.615. The van der Waals surface area contributed by atoms with Crippen LogP contribution in [0.3, 0.4) is 0 Å². The maximum absolute atomic E-state index is 4.20. The SMILES string of the molecule is CCNCc1cnccc1N(C)CCN(C)C. The highest BCUT2D eigenvalue weighted by Gasteiger charge is 2.07. The summed E-state index contributed by atoms with van der Waals surface area (Å²) in [7, 11) is 6.33. The number of nitrogens with one attached hydrogen (secondary N) is 1. The van der Waals surface area contributed by atoms with Crippen LogP contribution in [-0.2, 0) is 6.54 Å². The molecule has 0 spiro atoms. The molecule has 0 bridgehead atoms. The highest BCUT2D eigenvalue weighted by Crippen LogP contribution is 2.17. The molecule has 0 aliphatic rings. The summed E-state index contributed by atoms with van der Waals surface area (Å²) < 4.78 is 0. The van der Waals surface area contributed by atoms with Crippen molar-refractivity contribution in [3.8, 4) is 0 Å². The average Bonchev–Trinajstić information content (AvgIpc) is 2.33. The van der Waals surface area contributed by atoms with Crippen LogP contribution in [0.25, 0.3) is 0 Å². The second kappa shape index (κ2) is 7.25. The van der Waals surface area contributed by atoms with Crippen molar-refractivity contribution in [1.82, 2.24) is 15.2 Å². The molecule has 1 rings (SSSR count). The Balaban J connectivity index is 2.67. The van der Waals surface area contributed by atoms with Gasteiger partial charge in [0.05, 0.1) is 0 Å². The van der Waals surface area contributed by atoms with Gasteiger partial charge in [0.15, 0.2) is 0 Å². The molecule has 0 unspecified atom stereocenters. The fourth-order valence-electron chi connectivity index (χ4n) is 1.66. The lowest BCUT2D eigenvalue weighted by Gasteiger charge is -2.24. The molecule has 0 fully saturated rings. The average molecular weight is 236 g/mol. The van der Waals surface area contributed by atoms with Crippen molar-refractivity contribution in [2.75, 3.05) is 45.7 Å². The van der Waals surface area contributed by atoms with Gasteiger partial charge in [-0.2, -0.15) is 0 Å². The first kappa shape index (κ1) is 13.9. The van der Waals surface area contributed by atoms with Crippen LogP contribution in [0.4, 0.5) is 5.69 Å². The van der Waals surface area contributed by atoms with Crippen LogP contribution in [0.15, 0.2) is 18.5 Å². The van der Waals surface area contributed by atoms with Gasteiger partial charge in [-0.1, -0.05) is 6.92 Å². The van der Waals surface area contributed by atoms with Crippen LogP contribution in [0, 0.1) is 0 Å². The third kappa shape index (κ3) is 4.71. The smallest absolute Gasteiger partial charge is 0.0440 e. The summed E-state index contributed by atoms with van der Waals surface area (Å²) in [5, 5.41) is 3.35. The van der Waals surface area contributed by atoms with Crippen molar-refractivity contribution < 1.29 is 0 Å². The van der Waals surface area contributed by atoms with Gasteiger partial charge in [0.25, 0.3) is 0 Å². The Labute approximate surface area is 105 Å². The van der Waals surface area contributed by atoms with E-state index in [1.54, 1.807) is 0 Å². The molecular formula is C13H24N4. The monoisotopic (exact) mass is 236 g/mol. The first-order chi connectivity index (χ1) is 8.15. The van der Waals surface area contributed by atoms with Gasteiger partial charge in [-0.05, 0) is 26.7 Å². The van der Waals surface area contributed by atoms with Crippen molar-refractivity contribution in [1.29, 1.82) is 0 Å². The third-order valence-corrected chi connectivity index (χ3v) is 2.74. The molecule has 1 N–H and O–H groups in total. The number of anilines is 1. The molecule has 0 amide bonds. The van der Waals surface area contributed by atoms with Gasteiger partial charge in [-0.25, -0.2) is 0 Å². The molecule has 0 saturated carbocycles. The van der Waals surface area contributed by atoms with E-state index < -0.39 is 0 Å². The van der Waals surface area contributed by atoms with Crippen LogP contribution in [0.5, 0.6) is 0 Å². The summed E-state index contributed by atoms with van der Waals surface area (Å²) in [6.45, 7) is 6.06. The Bertz CT molecular complexity index is 325. The van der Waals surface area contributed by atoms with E-state index in [2.05, 4.69) is 54.2 Å². The number of aromatic nitrogens is 1. The molecule has 0 aliphatic carbocycles. The number of nitrogens with zero attached hydrogens (tertiary/aromatic N) is 3. The topological polar surface area (TPSA) is 31.4 Å². The summed E-state index contributed by atoms with van der Waals surface area (Å²) in [4.78, 5) is 8.68. The third-order valence-electron chi connectivity index (χ3n) is 2.74. The zero-order chi connectivity index (χ0) is 12.7. The summed E-state index contributed by atoms with van der Waals surface area (Å²) in [6, 6.07) is 2.09. The molecule has 1 aromatic rings. The number of pyridine rings is 1. The lowest BCUT2D eigenvalue weighted by atomic mass is 10.2. The fourth-order valence-corrected chi connectivity index (χ4v) is 1.66. The van der Waals surface area contributed by atoms with Crippen molar-refractivity contribution in [2.24, 2.45) is 0 Å². The Morgan fingerprint density at radius 1 is 1.24 bits per heavy atom. The number of hydrogen-bond acceptors (Lipinski definition) is 4. The van der Waals surface area contributed by atoms with Crippen molar-refractivity contribution in [3.63, 3.8) is 0 Å². The quantitative estimate of drug-likeness (QED) is 0.770. The van der Waals surface area contributed by atoms with Crippen molar-refractivity contribution in [2.45, 2.75) is 13.5 Å². The Kier molecular flexibility index (Phi) is 5.94. The molecule has 0 saturated heterocycles. The Morgan fingerprint density at radius 2 is 2.00 bits per heavy atom. The Hall–Kier alpha value is -1.13. The van der Waals surface area contributed by atoms with Crippen LogP contribution in [0.2, 0.25) is 0 Å². The van der Waals surface area contributed by atoms with Crippen molar-refractivity contribution in [3.05, 3.63) is 24.0 Å². The van der Waals surface area contributed by atoms with Gasteiger partial charge in [0, 0.05) is 50.3 Å². The van der Waals surface area contributed by atoms with E-state index in [4.69, 9.17) is 0 Å². The molecule has 4 nitrogen and oxygen atoms in total. The van der Waals surface area contributed by atoms with Gasteiger partial charge in [-0.15, -0.1) is 0 Å². The maximum atomic E-state index is 4.20. The molecule has 1 aromatic heterocycles. The number of rotatable bonds is 7. The molecule has 0 atom stereocenters. The minimum absolute atomic E-state index is 0.881. The van der Waals surface area contributed by atoms with Gasteiger partial charge >= 0.3 is 0 Å². The lowest BCUT2D eigenvalue weighted by molar-refractivity contribution is 0.416. The maximum Gasteiger partial charge on any atom is 0.0440 e. The van der Waals surface area contributed by atoms with Gasteiger partial charge in [0.1, 0.15) is 0 Å². The second-order valence-corrected chi connectivity index (χ2v) is 4.51. The molecule has 0 radical (unpaired) electrons. The molecule has 0 aromatic carbocycles. The van der Waals surface area contributed by atoms with Crippen LogP contribution >= 0.6 is 0 Å². The van der Waals surface area contributed by atoms with Gasteiger partial charge in [-0.3, -0.25) is 4.98 Å². The van der Waals surface area contributed by atoms with Gasteiger partial charge < -0.3 is 15.1 Å². The first-order valence-electron chi connectivity index (χ1n) is 6.14. The molecule has 96 valence electrons. The highest BCUT2D eigenvalue weighted by molar-refractivity contribution is 5.51. The van der Waals surface area contributed by atoms with E-state index in [0.717, 1.165) is 26.2 Å². The minimum atomic E-state index is 0.881. The molecule has 1 heterocycles. The standard InChI is InChI=1S/C13H24N4/c1-5-14-10-12-11-15-7-6-13(12)17(4)9-8-16(2)3/h6-7,11,14H,5,8-10H2,1-4H3. The number of hydrogen-bond donors (Lipinski definition) is 1. The molecule has 4 heteroatoms. The minimum Gasteiger partial charge on any atom is -0.373 e. The summed E-state index contributed by atoms with van der Waals surface area (Å²) in [6.07, 6.45) is 3.81. The van der Waals surface area contributed by atoms with E-state index in [-0.39, 0.29) is 0 Å². The first-order valence-corrected chi connectivity index (χ1v) is 6.14. The van der Waals surface area contributed by atoms with E-state index in [1.807, 2.05) is 12.4 Å². The number of likely N-dealkylation sites (N-methyl/N-ethyl adjacent to an activating group) is 2. The van der Waals surface area contributed by atoms with Gasteiger partial charge in [0.2, 0.25) is 0 Å². The summed E-state index contributed by atoms with van der Waals surface area (Å²) in [5.74, 6) is 0. The van der Waals surface area contributed by atoms with E-state index >= 15 is 0 Å². The van der Waals surface area contributed by atoms with Crippen LogP contribution in [0.1, 0.15) is 12.5 Å². The largest absolute Gasteiger partial charge is 0.373 e. The van der Waals surface area contributed by atoms with E-state index in [1.165, 1.54) is 11.3 Å². The van der Waals surface area contributed by atoms with E-state index in [0.29, 0.717) is 0 Å². The summed E-state index contributed by atoms with van der Waals surface area (Å²) in [5.41, 5.74) is 2.53. The van der Waals surface area contributed by atoms with Crippen LogP contribution in [-0.4, -0.2) is 50.7 Å². The van der Waals surface area contributed by atoms with Crippen molar-refractivity contribution >= 4 is 5.69 Å². The molecule has 0 aliphatic heterocycles. The molecule has 17 heavy (non-hydrogen) atoms. The van der Waals surface area contributed by atoms with E-state index in [9.17, 15) is 0 Å². The Morgan fingerprint density at radius 3 is 2.65 bits per heavy atom. The lowest BCUT2D eigenvalue weighted by Crippen LogP contribution is -2.29. The highest BCUT2D eigenvalue weighted by atomic mass is 15.2. The molecular weight excluding hydrogens is 212 g/mol. The predicted octanol–water partition coefficient (Wildman–Crippen LogP) is 1.19. The second-order valence-electron chi connectivity index (χ2n) is 4.51. The predicted molar refractivity (Wildman–Crippen MR) is 73.4 cm³/mol. The normalized spacial score (nSPS) is 10.9. The summed E-state index contributed by atoms with van der Waals surface area (Å²) >= 11 is 0.